The number of rotatable bonds is 5. The molecule has 5 heteroatoms. The van der Waals surface area contributed by atoms with Crippen molar-refractivity contribution in [3.8, 4) is 0 Å². The Morgan fingerprint density at radius 2 is 2.47 bits per heavy atom. The molecule has 1 amide bonds. The first kappa shape index (κ1) is 10.6. The molecule has 0 aromatic carbocycles. The Kier molecular flexibility index (Phi) is 3.33. The van der Waals surface area contributed by atoms with Crippen LogP contribution in [0.3, 0.4) is 0 Å². The second-order valence-corrected chi connectivity index (χ2v) is 4.87. The van der Waals surface area contributed by atoms with Crippen LogP contribution >= 0.6 is 11.3 Å². The van der Waals surface area contributed by atoms with Gasteiger partial charge in [-0.15, -0.1) is 11.3 Å². The predicted octanol–water partition coefficient (Wildman–Crippen LogP) is 0.820. The number of hydrogen-bond donors (Lipinski definition) is 2. The van der Waals surface area contributed by atoms with Crippen molar-refractivity contribution >= 4 is 17.2 Å². The molecule has 1 heterocycles. The lowest BCUT2D eigenvalue weighted by atomic mass is 10.4. The van der Waals surface area contributed by atoms with Gasteiger partial charge in [0.1, 0.15) is 0 Å². The zero-order chi connectivity index (χ0) is 10.7. The third-order valence-electron chi connectivity index (χ3n) is 2.20. The lowest BCUT2D eigenvalue weighted by molar-refractivity contribution is -0.120. The van der Waals surface area contributed by atoms with Crippen molar-refractivity contribution in [2.75, 3.05) is 6.54 Å². The minimum absolute atomic E-state index is 0.0875. The number of carbonyl (C=O) groups is 1. The van der Waals surface area contributed by atoms with E-state index in [4.69, 9.17) is 0 Å². The Morgan fingerprint density at radius 3 is 3.07 bits per heavy atom. The molecular formula is C10H15N3OS. The maximum Gasteiger partial charge on any atom is 0.234 e. The van der Waals surface area contributed by atoms with Crippen molar-refractivity contribution in [3.63, 3.8) is 0 Å². The van der Waals surface area contributed by atoms with Gasteiger partial charge in [0.15, 0.2) is 0 Å². The number of aromatic nitrogens is 1. The van der Waals surface area contributed by atoms with Crippen LogP contribution in [-0.2, 0) is 11.3 Å². The fourth-order valence-corrected chi connectivity index (χ4v) is 1.91. The lowest BCUT2D eigenvalue weighted by Gasteiger charge is -2.03. The van der Waals surface area contributed by atoms with E-state index in [0.717, 1.165) is 23.5 Å². The summed E-state index contributed by atoms with van der Waals surface area (Å²) >= 11 is 1.63. The molecule has 0 radical (unpaired) electrons. The summed E-state index contributed by atoms with van der Waals surface area (Å²) in [5, 5.41) is 9.09. The summed E-state index contributed by atoms with van der Waals surface area (Å²) in [6.45, 7) is 3.03. The van der Waals surface area contributed by atoms with Gasteiger partial charge in [-0.3, -0.25) is 4.79 Å². The fraction of sp³-hybridized carbons (Fsp3) is 0.600. The number of thiazole rings is 1. The smallest absolute Gasteiger partial charge is 0.234 e. The number of nitrogens with zero attached hydrogens (tertiary/aromatic N) is 1. The fourth-order valence-electron chi connectivity index (χ4n) is 1.30. The van der Waals surface area contributed by atoms with Gasteiger partial charge in [0.25, 0.3) is 0 Å². The summed E-state index contributed by atoms with van der Waals surface area (Å²) in [4.78, 5) is 15.6. The number of aryl methyl sites for hydroxylation is 1. The molecule has 0 bridgehead atoms. The summed E-state index contributed by atoms with van der Waals surface area (Å²) < 4.78 is 0. The topological polar surface area (TPSA) is 54.0 Å². The Balaban J connectivity index is 1.63. The van der Waals surface area contributed by atoms with Crippen LogP contribution < -0.4 is 10.6 Å². The Hall–Kier alpha value is -0.940. The van der Waals surface area contributed by atoms with E-state index in [-0.39, 0.29) is 5.91 Å². The van der Waals surface area contributed by atoms with Crippen LogP contribution in [0.15, 0.2) is 5.38 Å². The standard InChI is InChI=1S/C10H15N3OS/c1-7-12-9(6-15-7)4-11-5-10(14)13-8-2-3-8/h6,8,11H,2-5H2,1H3,(H,13,14). The molecule has 1 aliphatic rings. The van der Waals surface area contributed by atoms with E-state index < -0.39 is 0 Å². The van der Waals surface area contributed by atoms with Crippen molar-refractivity contribution in [2.24, 2.45) is 0 Å². The summed E-state index contributed by atoms with van der Waals surface area (Å²) in [6, 6.07) is 0.445. The minimum Gasteiger partial charge on any atom is -0.352 e. The van der Waals surface area contributed by atoms with Crippen molar-refractivity contribution in [1.29, 1.82) is 0 Å². The summed E-state index contributed by atoms with van der Waals surface area (Å²) in [6.07, 6.45) is 2.27. The molecule has 1 aromatic rings. The van der Waals surface area contributed by atoms with Gasteiger partial charge in [-0.25, -0.2) is 4.98 Å². The maximum atomic E-state index is 11.3. The Labute approximate surface area is 93.1 Å². The maximum absolute atomic E-state index is 11.3. The quantitative estimate of drug-likeness (QED) is 0.780. The van der Waals surface area contributed by atoms with Crippen molar-refractivity contribution < 1.29 is 4.79 Å². The molecule has 15 heavy (non-hydrogen) atoms. The van der Waals surface area contributed by atoms with Gasteiger partial charge in [-0.1, -0.05) is 0 Å². The van der Waals surface area contributed by atoms with E-state index in [0.29, 0.717) is 19.1 Å². The molecule has 1 fully saturated rings. The van der Waals surface area contributed by atoms with E-state index in [1.54, 1.807) is 11.3 Å². The number of nitrogens with one attached hydrogen (secondary N) is 2. The molecule has 0 atom stereocenters. The first-order valence-corrected chi connectivity index (χ1v) is 6.03. The molecule has 1 saturated carbocycles. The predicted molar refractivity (Wildman–Crippen MR) is 59.7 cm³/mol. The van der Waals surface area contributed by atoms with Crippen LogP contribution in [0.5, 0.6) is 0 Å². The molecule has 4 nitrogen and oxygen atoms in total. The lowest BCUT2D eigenvalue weighted by Crippen LogP contribution is -2.34. The van der Waals surface area contributed by atoms with Gasteiger partial charge in [-0.05, 0) is 19.8 Å². The molecule has 2 rings (SSSR count). The van der Waals surface area contributed by atoms with E-state index in [9.17, 15) is 4.79 Å². The third kappa shape index (κ3) is 3.60. The highest BCUT2D eigenvalue weighted by molar-refractivity contribution is 7.09. The second kappa shape index (κ2) is 4.72. The second-order valence-electron chi connectivity index (χ2n) is 3.80. The van der Waals surface area contributed by atoms with Crippen LogP contribution in [-0.4, -0.2) is 23.5 Å². The molecule has 0 unspecified atom stereocenters. The summed E-state index contributed by atoms with van der Waals surface area (Å²) in [5.41, 5.74) is 1.01. The molecule has 1 aromatic heterocycles. The van der Waals surface area contributed by atoms with Gasteiger partial charge in [0, 0.05) is 18.0 Å². The average molecular weight is 225 g/mol. The molecular weight excluding hydrogens is 210 g/mol. The van der Waals surface area contributed by atoms with Crippen LogP contribution in [0.1, 0.15) is 23.5 Å². The van der Waals surface area contributed by atoms with Crippen molar-refractivity contribution in [1.82, 2.24) is 15.6 Å². The zero-order valence-corrected chi connectivity index (χ0v) is 9.56. The number of amides is 1. The monoisotopic (exact) mass is 225 g/mol. The largest absolute Gasteiger partial charge is 0.352 e. The average Bonchev–Trinajstić information content (AvgIpc) is 2.89. The Morgan fingerprint density at radius 1 is 1.67 bits per heavy atom. The van der Waals surface area contributed by atoms with E-state index in [1.165, 1.54) is 0 Å². The molecule has 2 N–H and O–H groups in total. The molecule has 0 spiro atoms. The Bertz CT molecular complexity index is 346. The summed E-state index contributed by atoms with van der Waals surface area (Å²) in [5.74, 6) is 0.0875. The summed E-state index contributed by atoms with van der Waals surface area (Å²) in [7, 11) is 0. The van der Waals surface area contributed by atoms with Gasteiger partial charge in [0.05, 0.1) is 17.2 Å². The van der Waals surface area contributed by atoms with Crippen LogP contribution in [0.4, 0.5) is 0 Å². The van der Waals surface area contributed by atoms with Crippen LogP contribution in [0, 0.1) is 6.92 Å². The first-order chi connectivity index (χ1) is 7.24. The third-order valence-corrected chi connectivity index (χ3v) is 3.02. The van der Waals surface area contributed by atoms with E-state index >= 15 is 0 Å². The van der Waals surface area contributed by atoms with E-state index in [2.05, 4.69) is 15.6 Å². The van der Waals surface area contributed by atoms with Crippen molar-refractivity contribution in [3.05, 3.63) is 16.1 Å². The van der Waals surface area contributed by atoms with Gasteiger partial charge < -0.3 is 10.6 Å². The number of hydrogen-bond acceptors (Lipinski definition) is 4. The van der Waals surface area contributed by atoms with Gasteiger partial charge >= 0.3 is 0 Å². The molecule has 0 aliphatic heterocycles. The SMILES string of the molecule is Cc1nc(CNCC(=O)NC2CC2)cs1. The molecule has 0 saturated heterocycles. The van der Waals surface area contributed by atoms with Crippen LogP contribution in [0.25, 0.3) is 0 Å². The normalized spacial score (nSPS) is 15.3. The molecule has 82 valence electrons. The van der Waals surface area contributed by atoms with Crippen LogP contribution in [0.2, 0.25) is 0 Å². The number of carbonyl (C=O) groups excluding carboxylic acids is 1. The van der Waals surface area contributed by atoms with E-state index in [1.807, 2.05) is 12.3 Å². The highest BCUT2D eigenvalue weighted by Crippen LogP contribution is 2.18. The van der Waals surface area contributed by atoms with Crippen molar-refractivity contribution in [2.45, 2.75) is 32.4 Å². The molecule has 1 aliphatic carbocycles. The zero-order valence-electron chi connectivity index (χ0n) is 8.75. The minimum atomic E-state index is 0.0875. The first-order valence-electron chi connectivity index (χ1n) is 5.15. The van der Waals surface area contributed by atoms with Gasteiger partial charge in [-0.2, -0.15) is 0 Å². The highest BCUT2D eigenvalue weighted by Gasteiger charge is 2.22. The highest BCUT2D eigenvalue weighted by atomic mass is 32.1. The van der Waals surface area contributed by atoms with Gasteiger partial charge in [0.2, 0.25) is 5.91 Å².